The van der Waals surface area contributed by atoms with E-state index in [0.717, 1.165) is 16.8 Å². The maximum absolute atomic E-state index is 12.7. The van der Waals surface area contributed by atoms with Gasteiger partial charge in [-0.1, -0.05) is 35.9 Å². The van der Waals surface area contributed by atoms with Gasteiger partial charge in [0.15, 0.2) is 11.5 Å². The Hall–Kier alpha value is -3.88. The number of halogens is 1. The summed E-state index contributed by atoms with van der Waals surface area (Å²) in [6.07, 6.45) is 1.64. The monoisotopic (exact) mass is 507 g/mol. The normalized spacial score (nSPS) is 10.8. The standard InChI is InChI=1S/C26H22ClN3O4S/c1-3-33-24-14-17(8-13-23(24)34-25(31)20-6-4-5-7-22(20)32-2)15-28-30-26-29-21(16-35-26)18-9-11-19(27)12-10-18/h4-16H,3H2,1-2H3,(H,29,30)/b28-15+. The number of carbonyl (C=O) groups excluding carboxylic acids is 1. The van der Waals surface area contributed by atoms with E-state index in [9.17, 15) is 4.79 Å². The van der Waals surface area contributed by atoms with Crippen LogP contribution in [0.4, 0.5) is 5.13 Å². The lowest BCUT2D eigenvalue weighted by Gasteiger charge is -2.12. The van der Waals surface area contributed by atoms with Crippen LogP contribution in [0.3, 0.4) is 0 Å². The first kappa shape index (κ1) is 24.3. The lowest BCUT2D eigenvalue weighted by atomic mass is 10.2. The molecule has 4 rings (SSSR count). The van der Waals surface area contributed by atoms with Crippen LogP contribution in [-0.4, -0.2) is 30.9 Å². The molecular weight excluding hydrogens is 486 g/mol. The van der Waals surface area contributed by atoms with E-state index in [2.05, 4.69) is 15.5 Å². The molecule has 0 bridgehead atoms. The molecule has 0 saturated carbocycles. The number of nitrogens with zero attached hydrogens (tertiary/aromatic N) is 2. The van der Waals surface area contributed by atoms with Crippen molar-refractivity contribution in [2.75, 3.05) is 19.1 Å². The van der Waals surface area contributed by atoms with Crippen LogP contribution in [0.1, 0.15) is 22.8 Å². The molecule has 1 aromatic heterocycles. The number of rotatable bonds is 9. The van der Waals surface area contributed by atoms with Gasteiger partial charge in [0, 0.05) is 16.0 Å². The minimum Gasteiger partial charge on any atom is -0.496 e. The highest BCUT2D eigenvalue weighted by atomic mass is 35.5. The molecule has 0 aliphatic rings. The molecule has 0 radical (unpaired) electrons. The summed E-state index contributed by atoms with van der Waals surface area (Å²) in [6, 6.07) is 19.6. The van der Waals surface area contributed by atoms with Crippen molar-refractivity contribution in [1.82, 2.24) is 4.98 Å². The molecule has 0 fully saturated rings. The molecule has 178 valence electrons. The summed E-state index contributed by atoms with van der Waals surface area (Å²) in [5, 5.41) is 7.54. The fourth-order valence-corrected chi connectivity index (χ4v) is 3.96. The molecule has 0 spiro atoms. The van der Waals surface area contributed by atoms with Gasteiger partial charge in [0.05, 0.1) is 25.6 Å². The van der Waals surface area contributed by atoms with Crippen molar-refractivity contribution in [2.24, 2.45) is 5.10 Å². The molecule has 1 heterocycles. The Balaban J connectivity index is 1.45. The number of carbonyl (C=O) groups is 1. The summed E-state index contributed by atoms with van der Waals surface area (Å²) in [6.45, 7) is 2.26. The first-order valence-corrected chi connectivity index (χ1v) is 12.0. The van der Waals surface area contributed by atoms with E-state index in [0.29, 0.717) is 39.6 Å². The highest BCUT2D eigenvalue weighted by molar-refractivity contribution is 7.14. The van der Waals surface area contributed by atoms with E-state index in [1.165, 1.54) is 18.4 Å². The second kappa shape index (κ2) is 11.5. The molecule has 1 N–H and O–H groups in total. The second-order valence-electron chi connectivity index (χ2n) is 7.14. The average Bonchev–Trinajstić information content (AvgIpc) is 3.35. The van der Waals surface area contributed by atoms with Gasteiger partial charge in [-0.05, 0) is 55.0 Å². The van der Waals surface area contributed by atoms with Crippen LogP contribution in [0.25, 0.3) is 11.3 Å². The molecule has 7 nitrogen and oxygen atoms in total. The summed E-state index contributed by atoms with van der Waals surface area (Å²) in [7, 11) is 1.50. The number of methoxy groups -OCH3 is 1. The van der Waals surface area contributed by atoms with Crippen molar-refractivity contribution in [2.45, 2.75) is 6.92 Å². The number of aromatic nitrogens is 1. The average molecular weight is 508 g/mol. The second-order valence-corrected chi connectivity index (χ2v) is 8.44. The van der Waals surface area contributed by atoms with Crippen LogP contribution in [0.5, 0.6) is 17.2 Å². The first-order chi connectivity index (χ1) is 17.1. The maximum Gasteiger partial charge on any atom is 0.347 e. The third-order valence-electron chi connectivity index (χ3n) is 4.82. The van der Waals surface area contributed by atoms with Crippen LogP contribution < -0.4 is 19.6 Å². The van der Waals surface area contributed by atoms with Gasteiger partial charge in [-0.15, -0.1) is 11.3 Å². The zero-order valence-corrected chi connectivity index (χ0v) is 20.6. The van der Waals surface area contributed by atoms with E-state index < -0.39 is 5.97 Å². The van der Waals surface area contributed by atoms with E-state index in [-0.39, 0.29) is 0 Å². The summed E-state index contributed by atoms with van der Waals surface area (Å²) in [5.41, 5.74) is 5.83. The Labute approximate surface area is 212 Å². The van der Waals surface area contributed by atoms with Crippen molar-refractivity contribution in [3.63, 3.8) is 0 Å². The van der Waals surface area contributed by atoms with Crippen molar-refractivity contribution in [1.29, 1.82) is 0 Å². The Kier molecular flexibility index (Phi) is 7.97. The largest absolute Gasteiger partial charge is 0.496 e. The van der Waals surface area contributed by atoms with E-state index in [1.807, 2.05) is 36.6 Å². The van der Waals surface area contributed by atoms with Crippen LogP contribution in [-0.2, 0) is 0 Å². The zero-order chi connectivity index (χ0) is 24.6. The number of thiazole rings is 1. The van der Waals surface area contributed by atoms with E-state index in [1.54, 1.807) is 48.7 Å². The fourth-order valence-electron chi connectivity index (χ4n) is 3.17. The van der Waals surface area contributed by atoms with Gasteiger partial charge in [-0.25, -0.2) is 9.78 Å². The SMILES string of the molecule is CCOc1cc(/C=N/Nc2nc(-c3ccc(Cl)cc3)cs2)ccc1OC(=O)c1ccccc1OC. The number of benzene rings is 3. The van der Waals surface area contributed by atoms with E-state index >= 15 is 0 Å². The lowest BCUT2D eigenvalue weighted by molar-refractivity contribution is 0.0725. The molecule has 0 aliphatic carbocycles. The van der Waals surface area contributed by atoms with Crippen LogP contribution in [0.15, 0.2) is 77.2 Å². The fraction of sp³-hybridized carbons (Fsp3) is 0.115. The quantitative estimate of drug-likeness (QED) is 0.120. The predicted octanol–water partition coefficient (Wildman–Crippen LogP) is 6.54. The molecule has 0 unspecified atom stereocenters. The Bertz CT molecular complexity index is 1340. The number of nitrogens with one attached hydrogen (secondary N) is 1. The van der Waals surface area contributed by atoms with E-state index in [4.69, 9.17) is 25.8 Å². The number of esters is 1. The Morgan fingerprint density at radius 3 is 2.66 bits per heavy atom. The topological polar surface area (TPSA) is 82.0 Å². The van der Waals surface area contributed by atoms with Gasteiger partial charge in [-0.2, -0.15) is 5.10 Å². The summed E-state index contributed by atoms with van der Waals surface area (Å²) in [4.78, 5) is 17.2. The molecule has 3 aromatic carbocycles. The van der Waals surface area contributed by atoms with Gasteiger partial charge in [0.2, 0.25) is 5.13 Å². The van der Waals surface area contributed by atoms with Gasteiger partial charge in [0.25, 0.3) is 0 Å². The van der Waals surface area contributed by atoms with Gasteiger partial charge in [0.1, 0.15) is 11.3 Å². The number of hydrogen-bond acceptors (Lipinski definition) is 8. The van der Waals surface area contributed by atoms with Gasteiger partial charge in [-0.3, -0.25) is 5.43 Å². The molecule has 0 atom stereocenters. The third-order valence-corrected chi connectivity index (χ3v) is 5.81. The van der Waals surface area contributed by atoms with Crippen LogP contribution >= 0.6 is 22.9 Å². The lowest BCUT2D eigenvalue weighted by Crippen LogP contribution is -2.11. The summed E-state index contributed by atoms with van der Waals surface area (Å²) < 4.78 is 16.5. The molecule has 4 aromatic rings. The highest BCUT2D eigenvalue weighted by Gasteiger charge is 2.17. The number of hydrazone groups is 1. The molecule has 35 heavy (non-hydrogen) atoms. The van der Waals surface area contributed by atoms with Crippen LogP contribution in [0.2, 0.25) is 5.02 Å². The number of hydrogen-bond donors (Lipinski definition) is 1. The Morgan fingerprint density at radius 1 is 1.09 bits per heavy atom. The summed E-state index contributed by atoms with van der Waals surface area (Å²) in [5.74, 6) is 0.637. The zero-order valence-electron chi connectivity index (χ0n) is 19.0. The summed E-state index contributed by atoms with van der Waals surface area (Å²) >= 11 is 7.39. The number of ether oxygens (including phenoxy) is 3. The molecule has 9 heteroatoms. The maximum atomic E-state index is 12.7. The van der Waals surface area contributed by atoms with Crippen molar-refractivity contribution in [3.8, 4) is 28.5 Å². The van der Waals surface area contributed by atoms with Crippen molar-refractivity contribution < 1.29 is 19.0 Å². The van der Waals surface area contributed by atoms with Gasteiger partial charge < -0.3 is 14.2 Å². The Morgan fingerprint density at radius 2 is 1.89 bits per heavy atom. The minimum atomic E-state index is -0.535. The highest BCUT2D eigenvalue weighted by Crippen LogP contribution is 2.30. The molecular formula is C26H22ClN3O4S. The number of para-hydroxylation sites is 1. The molecule has 0 amide bonds. The minimum absolute atomic E-state index is 0.306. The predicted molar refractivity (Wildman–Crippen MR) is 139 cm³/mol. The molecule has 0 aliphatic heterocycles. The van der Waals surface area contributed by atoms with Crippen molar-refractivity contribution in [3.05, 3.63) is 88.3 Å². The smallest absolute Gasteiger partial charge is 0.347 e. The van der Waals surface area contributed by atoms with Gasteiger partial charge >= 0.3 is 5.97 Å². The number of anilines is 1. The molecule has 0 saturated heterocycles. The van der Waals surface area contributed by atoms with Crippen LogP contribution in [0, 0.1) is 0 Å². The third kappa shape index (κ3) is 6.17. The van der Waals surface area contributed by atoms with Crippen molar-refractivity contribution >= 4 is 40.3 Å². The first-order valence-electron chi connectivity index (χ1n) is 10.7.